The second kappa shape index (κ2) is 13.1. The lowest BCUT2D eigenvalue weighted by molar-refractivity contribution is 0.282. The highest BCUT2D eigenvalue weighted by molar-refractivity contribution is 6.94. The highest BCUT2D eigenvalue weighted by Gasteiger charge is 2.47. The highest BCUT2D eigenvalue weighted by atomic mass is 28.5. The number of nitriles is 1. The van der Waals surface area contributed by atoms with Crippen molar-refractivity contribution in [3.05, 3.63) is 54.1 Å². The van der Waals surface area contributed by atoms with Gasteiger partial charge in [-0.3, -0.25) is 0 Å². The van der Waals surface area contributed by atoms with Crippen molar-refractivity contribution in [2.75, 3.05) is 0 Å². The maximum atomic E-state index is 9.06. The lowest BCUT2D eigenvalue weighted by atomic mass is 10.0. The quantitative estimate of drug-likeness (QED) is 0.193. The third-order valence-electron chi connectivity index (χ3n) is 6.28. The van der Waals surface area contributed by atoms with E-state index in [1.807, 2.05) is 24.3 Å². The molecule has 0 amide bonds. The van der Waals surface area contributed by atoms with E-state index in [9.17, 15) is 0 Å². The van der Waals surface area contributed by atoms with Gasteiger partial charge in [-0.25, -0.2) is 0 Å². The van der Waals surface area contributed by atoms with Crippen molar-refractivity contribution in [1.82, 2.24) is 0 Å². The Bertz CT molecular complexity index is 1160. The van der Waals surface area contributed by atoms with Crippen molar-refractivity contribution >= 4 is 56.1 Å². The lowest BCUT2D eigenvalue weighted by Crippen LogP contribution is -2.61. The summed E-state index contributed by atoms with van der Waals surface area (Å²) in [5.41, 5.74) is 2.88. The minimum absolute atomic E-state index is 0.666. The minimum atomic E-state index is -2.56. The number of nitrogens with zero attached hydrogens (tertiary/aromatic N) is 1. The second-order valence-electron chi connectivity index (χ2n) is 13.4. The highest BCUT2D eigenvalue weighted by Crippen LogP contribution is 2.29. The second-order valence-corrected chi connectivity index (χ2v) is 36.3. The summed E-state index contributed by atoms with van der Waals surface area (Å²) in [6, 6.07) is 19.6. The Hall–Kier alpha value is -0.969. The first kappa shape index (κ1) is 35.2. The summed E-state index contributed by atoms with van der Waals surface area (Å²) >= 11 is 0. The van der Waals surface area contributed by atoms with E-state index in [1.165, 1.54) is 5.19 Å². The van der Waals surface area contributed by atoms with E-state index in [-0.39, 0.29) is 0 Å². The minimum Gasteiger partial charge on any atom is -0.436 e. The van der Waals surface area contributed by atoms with Crippen LogP contribution < -0.4 is 5.19 Å². The molecule has 0 aliphatic rings. The lowest BCUT2D eigenvalue weighted by Gasteiger charge is -2.43. The Morgan fingerprint density at radius 3 is 1.32 bits per heavy atom. The maximum Gasteiger partial charge on any atom is 0.314 e. The summed E-state index contributed by atoms with van der Waals surface area (Å²) in [5, 5.41) is 10.3. The van der Waals surface area contributed by atoms with Crippen LogP contribution in [-0.2, 0) is 20.6 Å². The van der Waals surface area contributed by atoms with E-state index < -0.39 is 50.9 Å². The molecule has 0 spiro atoms. The van der Waals surface area contributed by atoms with Gasteiger partial charge in [0.1, 0.15) is 0 Å². The van der Waals surface area contributed by atoms with Crippen molar-refractivity contribution in [2.45, 2.75) is 98.0 Å². The van der Waals surface area contributed by atoms with Crippen LogP contribution in [0.3, 0.4) is 0 Å². The predicted octanol–water partition coefficient (Wildman–Crippen LogP) is 8.14. The van der Waals surface area contributed by atoms with Crippen LogP contribution in [-0.4, -0.2) is 50.9 Å². The summed E-state index contributed by atoms with van der Waals surface area (Å²) in [6.45, 7) is 28.2. The summed E-state index contributed by atoms with van der Waals surface area (Å²) < 4.78 is 33.7. The molecule has 0 saturated carbocycles. The molecule has 2 aromatic carbocycles. The Morgan fingerprint density at radius 2 is 0.925 bits per heavy atom. The van der Waals surface area contributed by atoms with Gasteiger partial charge in [-0.2, -0.15) is 5.26 Å². The van der Waals surface area contributed by atoms with E-state index in [0.29, 0.717) is 5.56 Å². The topological polar surface area (TPSA) is 69.9 Å². The van der Waals surface area contributed by atoms with Crippen LogP contribution in [0.4, 0.5) is 0 Å². The molecule has 0 heterocycles. The largest absolute Gasteiger partial charge is 0.436 e. The maximum absolute atomic E-state index is 9.06. The van der Waals surface area contributed by atoms with Gasteiger partial charge in [0, 0.05) is 0 Å². The summed E-state index contributed by atoms with van der Waals surface area (Å²) in [4.78, 5) is 0. The van der Waals surface area contributed by atoms with Crippen LogP contribution in [0.5, 0.6) is 0 Å². The summed E-state index contributed by atoms with van der Waals surface area (Å²) in [5.74, 6) is 0. The van der Waals surface area contributed by atoms with E-state index >= 15 is 0 Å². The molecule has 2 rings (SSSR count). The summed E-state index contributed by atoms with van der Waals surface area (Å²) in [7, 11) is -14.0. The molecule has 2 aromatic rings. The van der Waals surface area contributed by atoms with Gasteiger partial charge in [0.2, 0.25) is 8.32 Å². The molecule has 40 heavy (non-hydrogen) atoms. The van der Waals surface area contributed by atoms with Crippen molar-refractivity contribution < 1.29 is 20.6 Å². The molecular formula is C28H51NO5Si6. The van der Waals surface area contributed by atoms with Gasteiger partial charge in [-0.05, 0) is 113 Å². The average molecular weight is 650 g/mol. The van der Waals surface area contributed by atoms with Crippen LogP contribution in [0.25, 0.3) is 11.1 Å². The molecule has 0 bridgehead atoms. The van der Waals surface area contributed by atoms with Crippen molar-refractivity contribution in [1.29, 1.82) is 5.26 Å². The molecule has 0 N–H and O–H groups in total. The standard InChI is InChI=1S/C28H51NO5Si6/c1-14-23-35(2,3)30-37(6,7)32-39(10,11)34-40(12,13)33-38(8,9)31-36(4,5)28-21-19-27(20-22-28)26-17-15-25(24-29)16-18-26/h15-22H,14,23H2,1-13H3. The first-order valence-corrected chi connectivity index (χ1v) is 31.5. The van der Waals surface area contributed by atoms with Gasteiger partial charge in [0.25, 0.3) is 0 Å². The molecule has 0 saturated heterocycles. The third-order valence-corrected chi connectivity index (χ3v) is 29.7. The molecule has 6 nitrogen and oxygen atoms in total. The molecule has 0 atom stereocenters. The van der Waals surface area contributed by atoms with Gasteiger partial charge < -0.3 is 20.6 Å². The third kappa shape index (κ3) is 11.4. The first-order chi connectivity index (χ1) is 18.1. The zero-order chi connectivity index (χ0) is 30.6. The molecule has 0 unspecified atom stereocenters. The molecule has 0 aliphatic carbocycles. The van der Waals surface area contributed by atoms with Crippen molar-refractivity contribution in [3.8, 4) is 17.2 Å². The number of rotatable bonds is 14. The van der Waals surface area contributed by atoms with Crippen LogP contribution in [0, 0.1) is 11.3 Å². The molecule has 222 valence electrons. The fourth-order valence-electron chi connectivity index (χ4n) is 5.65. The Labute approximate surface area is 250 Å². The van der Waals surface area contributed by atoms with E-state index in [4.69, 9.17) is 25.8 Å². The molecule has 0 radical (unpaired) electrons. The summed E-state index contributed by atoms with van der Waals surface area (Å²) in [6.07, 6.45) is 1.13. The first-order valence-electron chi connectivity index (χ1n) is 14.2. The van der Waals surface area contributed by atoms with Crippen LogP contribution in [0.15, 0.2) is 48.5 Å². The van der Waals surface area contributed by atoms with Gasteiger partial charge in [0.05, 0.1) is 11.6 Å². The van der Waals surface area contributed by atoms with Crippen LogP contribution in [0.1, 0.15) is 18.9 Å². The zero-order valence-electron chi connectivity index (χ0n) is 27.0. The van der Waals surface area contributed by atoms with E-state index in [2.05, 4.69) is 116 Å². The SMILES string of the molecule is CCC[Si](C)(C)O[Si](C)(C)O[Si](C)(C)O[Si](C)(C)O[Si](C)(C)O[Si](C)(C)c1ccc(-c2ccc(C#N)cc2)cc1. The fraction of sp³-hybridized carbons (Fsp3) is 0.536. The van der Waals surface area contributed by atoms with Gasteiger partial charge in [-0.15, -0.1) is 0 Å². The molecule has 0 aromatic heterocycles. The van der Waals surface area contributed by atoms with Crippen LogP contribution in [0.2, 0.25) is 84.6 Å². The zero-order valence-corrected chi connectivity index (χ0v) is 33.0. The van der Waals surface area contributed by atoms with Crippen molar-refractivity contribution in [3.63, 3.8) is 0 Å². The van der Waals surface area contributed by atoms with Crippen molar-refractivity contribution in [2.24, 2.45) is 0 Å². The average Bonchev–Trinajstić information content (AvgIpc) is 2.75. The smallest absolute Gasteiger partial charge is 0.314 e. The Balaban J connectivity index is 2.08. The van der Waals surface area contributed by atoms with E-state index in [1.54, 1.807) is 0 Å². The Morgan fingerprint density at radius 1 is 0.550 bits per heavy atom. The number of benzene rings is 2. The number of hydrogen-bond donors (Lipinski definition) is 0. The predicted molar refractivity (Wildman–Crippen MR) is 182 cm³/mol. The normalized spacial score (nSPS) is 13.8. The van der Waals surface area contributed by atoms with Gasteiger partial charge in [-0.1, -0.05) is 49.7 Å². The van der Waals surface area contributed by atoms with Gasteiger partial charge >= 0.3 is 34.2 Å². The molecule has 0 fully saturated rings. The molecular weight excluding hydrogens is 599 g/mol. The molecule has 12 heteroatoms. The van der Waals surface area contributed by atoms with Crippen LogP contribution >= 0.6 is 0 Å². The monoisotopic (exact) mass is 649 g/mol. The number of hydrogen-bond acceptors (Lipinski definition) is 6. The molecule has 0 aliphatic heterocycles. The Kier molecular flexibility index (Phi) is 11.6. The van der Waals surface area contributed by atoms with E-state index in [0.717, 1.165) is 23.6 Å². The van der Waals surface area contributed by atoms with Gasteiger partial charge in [0.15, 0.2) is 8.32 Å². The fourth-order valence-corrected chi connectivity index (χ4v) is 35.3.